The summed E-state index contributed by atoms with van der Waals surface area (Å²) in [7, 11) is 0. The summed E-state index contributed by atoms with van der Waals surface area (Å²) in [5.74, 6) is -0.897. The number of fused-ring (bicyclic) bond motifs is 1. The van der Waals surface area contributed by atoms with Gasteiger partial charge in [0.2, 0.25) is 0 Å². The first-order valence-electron chi connectivity index (χ1n) is 10.1. The Morgan fingerprint density at radius 1 is 1.26 bits per heavy atom. The zero-order valence-corrected chi connectivity index (χ0v) is 18.7. The van der Waals surface area contributed by atoms with Crippen LogP contribution in [0, 0.1) is 0 Å². The molecule has 0 saturated carbocycles. The van der Waals surface area contributed by atoms with E-state index in [-0.39, 0.29) is 46.5 Å². The maximum absolute atomic E-state index is 13.3. The zero-order valence-electron chi connectivity index (χ0n) is 18.0. The predicted octanol–water partition coefficient (Wildman–Crippen LogP) is 3.83. The van der Waals surface area contributed by atoms with Gasteiger partial charge in [-0.15, -0.1) is 0 Å². The Kier molecular flexibility index (Phi) is 6.60. The Balaban J connectivity index is 1.57. The van der Waals surface area contributed by atoms with E-state index in [0.717, 1.165) is 6.20 Å². The van der Waals surface area contributed by atoms with Gasteiger partial charge in [-0.25, -0.2) is 9.97 Å². The number of alkyl halides is 3. The standard InChI is InChI=1S/C21H17ClF3N7O3/c1-2-35-16(33)10-28-20(34)12-4-3-11(7-14(12)22)30-18-19-27-9-15(32(19)6-5-26-18)13-8-29-31-17(13)21(23,24)25/h3-9H,2,10H2,1H3,(H,26,30)(H,28,34)(H,29,31). The molecule has 0 atom stereocenters. The van der Waals surface area contributed by atoms with E-state index in [2.05, 4.69) is 30.8 Å². The van der Waals surface area contributed by atoms with Crippen molar-refractivity contribution in [3.63, 3.8) is 0 Å². The summed E-state index contributed by atoms with van der Waals surface area (Å²) in [5.41, 5.74) is -0.225. The maximum atomic E-state index is 13.3. The van der Waals surface area contributed by atoms with Crippen LogP contribution < -0.4 is 10.6 Å². The topological polar surface area (TPSA) is 126 Å². The molecule has 14 heteroatoms. The highest BCUT2D eigenvalue weighted by Gasteiger charge is 2.37. The molecule has 10 nitrogen and oxygen atoms in total. The van der Waals surface area contributed by atoms with Crippen molar-refractivity contribution in [2.45, 2.75) is 13.1 Å². The highest BCUT2D eigenvalue weighted by Crippen LogP contribution is 2.36. The molecule has 0 aliphatic heterocycles. The summed E-state index contributed by atoms with van der Waals surface area (Å²) in [6, 6.07) is 4.47. The summed E-state index contributed by atoms with van der Waals surface area (Å²) >= 11 is 6.24. The molecule has 3 heterocycles. The van der Waals surface area contributed by atoms with Crippen LogP contribution in [0.25, 0.3) is 16.9 Å². The highest BCUT2D eigenvalue weighted by molar-refractivity contribution is 6.34. The Hall–Kier alpha value is -4.13. The Labute approximate surface area is 200 Å². The number of nitrogens with one attached hydrogen (secondary N) is 3. The highest BCUT2D eigenvalue weighted by atomic mass is 35.5. The third-order valence-electron chi connectivity index (χ3n) is 4.79. The first-order valence-corrected chi connectivity index (χ1v) is 10.5. The summed E-state index contributed by atoms with van der Waals surface area (Å²) < 4.78 is 46.1. The second-order valence-corrected chi connectivity index (χ2v) is 7.47. The fourth-order valence-electron chi connectivity index (χ4n) is 3.28. The van der Waals surface area contributed by atoms with Gasteiger partial charge in [-0.1, -0.05) is 11.6 Å². The molecule has 1 amide bonds. The van der Waals surface area contributed by atoms with Gasteiger partial charge in [0.25, 0.3) is 5.91 Å². The normalized spacial score (nSPS) is 11.5. The minimum absolute atomic E-state index is 0.0977. The van der Waals surface area contributed by atoms with Gasteiger partial charge in [0.05, 0.1) is 34.6 Å². The number of carbonyl (C=O) groups is 2. The number of aromatic nitrogens is 5. The summed E-state index contributed by atoms with van der Waals surface area (Å²) in [5, 5.41) is 11.1. The lowest BCUT2D eigenvalue weighted by Gasteiger charge is -2.11. The molecule has 35 heavy (non-hydrogen) atoms. The molecule has 0 saturated heterocycles. The first-order chi connectivity index (χ1) is 16.7. The van der Waals surface area contributed by atoms with Crippen LogP contribution in [-0.4, -0.2) is 49.6 Å². The van der Waals surface area contributed by atoms with Crippen LogP contribution in [-0.2, 0) is 15.7 Å². The third-order valence-corrected chi connectivity index (χ3v) is 5.10. The molecule has 0 fully saturated rings. The number of amides is 1. The Morgan fingerprint density at radius 2 is 2.06 bits per heavy atom. The largest absolute Gasteiger partial charge is 0.465 e. The van der Waals surface area contributed by atoms with Gasteiger partial charge in [0.1, 0.15) is 6.54 Å². The van der Waals surface area contributed by atoms with Crippen LogP contribution >= 0.6 is 11.6 Å². The van der Waals surface area contributed by atoms with Crippen molar-refractivity contribution >= 4 is 40.6 Å². The second-order valence-electron chi connectivity index (χ2n) is 7.07. The second kappa shape index (κ2) is 9.62. The lowest BCUT2D eigenvalue weighted by Crippen LogP contribution is -2.30. The molecule has 0 aliphatic carbocycles. The average Bonchev–Trinajstić information content (AvgIpc) is 3.45. The van der Waals surface area contributed by atoms with Gasteiger partial charge in [-0.05, 0) is 25.1 Å². The molecule has 3 aromatic heterocycles. The number of hydrogen-bond donors (Lipinski definition) is 3. The Morgan fingerprint density at radius 3 is 2.77 bits per heavy atom. The lowest BCUT2D eigenvalue weighted by atomic mass is 10.2. The lowest BCUT2D eigenvalue weighted by molar-refractivity contribution is -0.142. The Bertz CT molecular complexity index is 1400. The number of H-pyrrole nitrogens is 1. The van der Waals surface area contributed by atoms with E-state index < -0.39 is 23.7 Å². The molecule has 0 radical (unpaired) electrons. The van der Waals surface area contributed by atoms with Crippen molar-refractivity contribution < 1.29 is 27.5 Å². The number of halogens is 4. The van der Waals surface area contributed by atoms with E-state index in [1.807, 2.05) is 0 Å². The molecule has 0 aliphatic rings. The van der Waals surface area contributed by atoms with Gasteiger partial charge >= 0.3 is 12.1 Å². The fraction of sp³-hybridized carbons (Fsp3) is 0.190. The third kappa shape index (κ3) is 5.04. The van der Waals surface area contributed by atoms with Crippen LogP contribution in [0.4, 0.5) is 24.7 Å². The van der Waals surface area contributed by atoms with Gasteiger partial charge < -0.3 is 15.4 Å². The molecule has 0 unspecified atom stereocenters. The van der Waals surface area contributed by atoms with E-state index in [0.29, 0.717) is 5.69 Å². The molecular formula is C21H17ClF3N7O3. The molecule has 182 valence electrons. The zero-order chi connectivity index (χ0) is 25.2. The molecular weight excluding hydrogens is 491 g/mol. The minimum Gasteiger partial charge on any atom is -0.465 e. The van der Waals surface area contributed by atoms with Gasteiger partial charge in [0, 0.05) is 24.3 Å². The van der Waals surface area contributed by atoms with E-state index in [4.69, 9.17) is 16.3 Å². The minimum atomic E-state index is -4.64. The number of esters is 1. The van der Waals surface area contributed by atoms with Crippen molar-refractivity contribution in [1.29, 1.82) is 0 Å². The number of carbonyl (C=O) groups excluding carboxylic acids is 2. The number of aromatic amines is 1. The fourth-order valence-corrected chi connectivity index (χ4v) is 3.55. The summed E-state index contributed by atoms with van der Waals surface area (Å²) in [4.78, 5) is 32.1. The number of benzene rings is 1. The number of hydrogen-bond acceptors (Lipinski definition) is 7. The van der Waals surface area contributed by atoms with E-state index in [9.17, 15) is 22.8 Å². The predicted molar refractivity (Wildman–Crippen MR) is 119 cm³/mol. The van der Waals surface area contributed by atoms with Crippen molar-refractivity contribution in [1.82, 2.24) is 29.9 Å². The van der Waals surface area contributed by atoms with Gasteiger partial charge in [-0.3, -0.25) is 19.1 Å². The monoisotopic (exact) mass is 507 g/mol. The van der Waals surface area contributed by atoms with Crippen molar-refractivity contribution in [2.24, 2.45) is 0 Å². The maximum Gasteiger partial charge on any atom is 0.435 e. The van der Waals surface area contributed by atoms with Crippen LogP contribution in [0.2, 0.25) is 5.02 Å². The molecule has 4 rings (SSSR count). The van der Waals surface area contributed by atoms with Crippen molar-refractivity contribution in [3.8, 4) is 11.3 Å². The van der Waals surface area contributed by atoms with Crippen molar-refractivity contribution in [2.75, 3.05) is 18.5 Å². The van der Waals surface area contributed by atoms with Crippen molar-refractivity contribution in [3.05, 3.63) is 59.3 Å². The summed E-state index contributed by atoms with van der Waals surface area (Å²) in [6.45, 7) is 1.54. The SMILES string of the molecule is CCOC(=O)CNC(=O)c1ccc(Nc2nccn3c(-c4c[nH]nc4C(F)(F)F)cnc23)cc1Cl. The molecule has 1 aromatic carbocycles. The van der Waals surface area contributed by atoms with Crippen LogP contribution in [0.1, 0.15) is 23.0 Å². The van der Waals surface area contributed by atoms with Crippen LogP contribution in [0.5, 0.6) is 0 Å². The summed E-state index contributed by atoms with van der Waals surface area (Å²) in [6.07, 6.45) is 0.652. The number of ether oxygens (including phenoxy) is 1. The number of nitrogens with zero attached hydrogens (tertiary/aromatic N) is 4. The smallest absolute Gasteiger partial charge is 0.435 e. The molecule has 4 aromatic rings. The van der Waals surface area contributed by atoms with E-state index in [1.54, 1.807) is 13.0 Å². The van der Waals surface area contributed by atoms with Gasteiger partial charge in [-0.2, -0.15) is 18.3 Å². The number of imidazole rings is 1. The quantitative estimate of drug-likeness (QED) is 0.324. The number of rotatable bonds is 7. The molecule has 0 bridgehead atoms. The first kappa shape index (κ1) is 24.0. The molecule has 3 N–H and O–H groups in total. The number of anilines is 2. The average molecular weight is 508 g/mol. The van der Waals surface area contributed by atoms with Crippen LogP contribution in [0.15, 0.2) is 43.0 Å². The van der Waals surface area contributed by atoms with Gasteiger partial charge in [0.15, 0.2) is 17.2 Å². The molecule has 0 spiro atoms. The van der Waals surface area contributed by atoms with E-state index in [1.165, 1.54) is 35.1 Å². The van der Waals surface area contributed by atoms with Crippen LogP contribution in [0.3, 0.4) is 0 Å². The van der Waals surface area contributed by atoms with E-state index >= 15 is 0 Å².